The van der Waals surface area contributed by atoms with Crippen LogP contribution in [0.3, 0.4) is 0 Å². The van der Waals surface area contributed by atoms with E-state index in [1.165, 1.54) is 128 Å². The van der Waals surface area contributed by atoms with Crippen LogP contribution in [0, 0.1) is 0 Å². The number of rotatable bonds is 22. The van der Waals surface area contributed by atoms with Gasteiger partial charge in [0.2, 0.25) is 0 Å². The minimum absolute atomic E-state index is 0.344. The van der Waals surface area contributed by atoms with Crippen LogP contribution in [0.15, 0.2) is 0 Å². The van der Waals surface area contributed by atoms with Gasteiger partial charge in [0.1, 0.15) is 0 Å². The molecule has 0 rings (SSSR count). The molecular formula is C27H56O2. The van der Waals surface area contributed by atoms with E-state index < -0.39 is 5.97 Å². The molecule has 0 atom stereocenters. The van der Waals surface area contributed by atoms with Crippen molar-refractivity contribution in [3.8, 4) is 0 Å². The van der Waals surface area contributed by atoms with Gasteiger partial charge < -0.3 is 5.11 Å². The molecule has 0 aromatic rings. The van der Waals surface area contributed by atoms with Gasteiger partial charge >= 0.3 is 5.97 Å². The first-order valence-corrected chi connectivity index (χ1v) is 13.4. The summed E-state index contributed by atoms with van der Waals surface area (Å²) in [5, 5.41) is 8.46. The highest BCUT2D eigenvalue weighted by Gasteiger charge is 1.96. The van der Waals surface area contributed by atoms with Gasteiger partial charge in [0, 0.05) is 6.42 Å². The maximum Gasteiger partial charge on any atom is 0.303 e. The SMILES string of the molecule is CCCCCCCCCCCCC.CCCCCCCCCCCCCC(=O)O. The molecule has 0 aliphatic heterocycles. The average Bonchev–Trinajstić information content (AvgIpc) is 2.71. The summed E-state index contributed by atoms with van der Waals surface area (Å²) in [5.41, 5.74) is 0. The highest BCUT2D eigenvalue weighted by atomic mass is 16.4. The van der Waals surface area contributed by atoms with Crippen LogP contribution in [0.2, 0.25) is 0 Å². The Hall–Kier alpha value is -0.530. The van der Waals surface area contributed by atoms with Crippen LogP contribution in [0.5, 0.6) is 0 Å². The molecule has 0 spiro atoms. The van der Waals surface area contributed by atoms with Crippen molar-refractivity contribution < 1.29 is 9.90 Å². The molecule has 29 heavy (non-hydrogen) atoms. The summed E-state index contributed by atoms with van der Waals surface area (Å²) in [6.45, 7) is 6.81. The lowest BCUT2D eigenvalue weighted by Crippen LogP contribution is -1.93. The highest BCUT2D eigenvalue weighted by molar-refractivity contribution is 5.66. The predicted molar refractivity (Wildman–Crippen MR) is 131 cm³/mol. The van der Waals surface area contributed by atoms with Gasteiger partial charge in [0.15, 0.2) is 0 Å². The van der Waals surface area contributed by atoms with Crippen LogP contribution in [0.25, 0.3) is 0 Å². The van der Waals surface area contributed by atoms with E-state index in [1.807, 2.05) is 0 Å². The Kier molecular flexibility index (Phi) is 31.4. The smallest absolute Gasteiger partial charge is 0.303 e. The van der Waals surface area contributed by atoms with Crippen LogP contribution in [0.4, 0.5) is 0 Å². The van der Waals surface area contributed by atoms with Crippen LogP contribution >= 0.6 is 0 Å². The van der Waals surface area contributed by atoms with Crippen molar-refractivity contribution in [3.05, 3.63) is 0 Å². The molecular weight excluding hydrogens is 356 g/mol. The molecule has 0 aliphatic rings. The molecule has 0 aliphatic carbocycles. The largest absolute Gasteiger partial charge is 0.481 e. The fourth-order valence-electron chi connectivity index (χ4n) is 3.68. The molecule has 0 saturated heterocycles. The third kappa shape index (κ3) is 35.3. The van der Waals surface area contributed by atoms with Crippen molar-refractivity contribution in [2.24, 2.45) is 0 Å². The number of hydrogen-bond acceptors (Lipinski definition) is 1. The summed E-state index contributed by atoms with van der Waals surface area (Å²) < 4.78 is 0. The Morgan fingerprint density at radius 1 is 0.414 bits per heavy atom. The predicted octanol–water partition coefficient (Wildman–Crippen LogP) is 10.1. The Morgan fingerprint density at radius 3 is 0.828 bits per heavy atom. The van der Waals surface area contributed by atoms with Gasteiger partial charge in [0.25, 0.3) is 0 Å². The summed E-state index contributed by atoms with van der Waals surface area (Å²) in [5.74, 6) is -0.657. The van der Waals surface area contributed by atoms with E-state index >= 15 is 0 Å². The molecule has 2 nitrogen and oxygen atoms in total. The number of carboxylic acid groups (broad SMARTS) is 1. The van der Waals surface area contributed by atoms with Crippen molar-refractivity contribution in [3.63, 3.8) is 0 Å². The summed E-state index contributed by atoms with van der Waals surface area (Å²) in [6, 6.07) is 0. The van der Waals surface area contributed by atoms with Gasteiger partial charge in [-0.15, -0.1) is 0 Å². The zero-order chi connectivity index (χ0) is 21.8. The first-order chi connectivity index (χ1) is 14.2. The van der Waals surface area contributed by atoms with Crippen molar-refractivity contribution in [2.45, 2.75) is 168 Å². The number of carboxylic acids is 1. The van der Waals surface area contributed by atoms with Crippen LogP contribution in [-0.2, 0) is 4.79 Å². The molecule has 0 bridgehead atoms. The molecule has 2 heteroatoms. The van der Waals surface area contributed by atoms with Gasteiger partial charge in [-0.2, -0.15) is 0 Å². The van der Waals surface area contributed by atoms with Gasteiger partial charge in [-0.1, -0.05) is 156 Å². The number of aliphatic carboxylic acids is 1. The van der Waals surface area contributed by atoms with E-state index in [9.17, 15) is 4.79 Å². The lowest BCUT2D eigenvalue weighted by Gasteiger charge is -2.01. The summed E-state index contributed by atoms with van der Waals surface area (Å²) in [6.07, 6.45) is 30.3. The molecule has 0 amide bonds. The van der Waals surface area contributed by atoms with Gasteiger partial charge in [-0.05, 0) is 6.42 Å². The van der Waals surface area contributed by atoms with Crippen molar-refractivity contribution in [2.75, 3.05) is 0 Å². The van der Waals surface area contributed by atoms with E-state index in [0.29, 0.717) is 6.42 Å². The normalized spacial score (nSPS) is 10.6. The van der Waals surface area contributed by atoms with Gasteiger partial charge in [-0.25, -0.2) is 0 Å². The third-order valence-corrected chi connectivity index (χ3v) is 5.70. The number of hydrogen-bond donors (Lipinski definition) is 1. The molecule has 0 radical (unpaired) electrons. The molecule has 0 saturated carbocycles. The summed E-state index contributed by atoms with van der Waals surface area (Å²) in [7, 11) is 0. The third-order valence-electron chi connectivity index (χ3n) is 5.70. The molecule has 0 aromatic carbocycles. The quantitative estimate of drug-likeness (QED) is 0.179. The fourth-order valence-corrected chi connectivity index (χ4v) is 3.68. The van der Waals surface area contributed by atoms with Crippen LogP contribution < -0.4 is 0 Å². The van der Waals surface area contributed by atoms with Gasteiger partial charge in [0.05, 0.1) is 0 Å². The number of carbonyl (C=O) groups is 1. The summed E-state index contributed by atoms with van der Waals surface area (Å²) in [4.78, 5) is 10.3. The topological polar surface area (TPSA) is 37.3 Å². The fraction of sp³-hybridized carbons (Fsp3) is 0.963. The zero-order valence-electron chi connectivity index (χ0n) is 20.6. The van der Waals surface area contributed by atoms with Crippen LogP contribution in [0.1, 0.15) is 168 Å². The monoisotopic (exact) mass is 412 g/mol. The maximum absolute atomic E-state index is 10.3. The second-order valence-electron chi connectivity index (χ2n) is 8.86. The summed E-state index contributed by atoms with van der Waals surface area (Å²) >= 11 is 0. The maximum atomic E-state index is 10.3. The molecule has 0 heterocycles. The Balaban J connectivity index is 0. The first-order valence-electron chi connectivity index (χ1n) is 13.4. The molecule has 176 valence electrons. The molecule has 0 fully saturated rings. The minimum Gasteiger partial charge on any atom is -0.481 e. The molecule has 1 N–H and O–H groups in total. The Labute approximate surface area is 184 Å². The standard InChI is InChI=1S/C14H28O2.C13H28/c1-2-3-4-5-6-7-8-9-10-11-12-13-14(15)16;1-3-5-7-9-11-13-12-10-8-6-4-2/h2-13H2,1H3,(H,15,16);3-13H2,1-2H3. The number of unbranched alkanes of at least 4 members (excludes halogenated alkanes) is 20. The van der Waals surface area contributed by atoms with E-state index in [-0.39, 0.29) is 0 Å². The highest BCUT2D eigenvalue weighted by Crippen LogP contribution is 2.12. The lowest BCUT2D eigenvalue weighted by molar-refractivity contribution is -0.137. The van der Waals surface area contributed by atoms with E-state index in [1.54, 1.807) is 0 Å². The van der Waals surface area contributed by atoms with E-state index in [0.717, 1.165) is 12.8 Å². The second-order valence-corrected chi connectivity index (χ2v) is 8.86. The minimum atomic E-state index is -0.657. The van der Waals surface area contributed by atoms with Crippen molar-refractivity contribution in [1.29, 1.82) is 0 Å². The van der Waals surface area contributed by atoms with E-state index in [4.69, 9.17) is 5.11 Å². The van der Waals surface area contributed by atoms with Crippen LogP contribution in [-0.4, -0.2) is 11.1 Å². The second kappa shape index (κ2) is 29.7. The van der Waals surface area contributed by atoms with Crippen molar-refractivity contribution >= 4 is 5.97 Å². The Bertz CT molecular complexity index is 278. The lowest BCUT2D eigenvalue weighted by atomic mass is 10.1. The average molecular weight is 413 g/mol. The first kappa shape index (κ1) is 30.7. The Morgan fingerprint density at radius 2 is 0.621 bits per heavy atom. The zero-order valence-corrected chi connectivity index (χ0v) is 20.6. The van der Waals surface area contributed by atoms with E-state index in [2.05, 4.69) is 20.8 Å². The van der Waals surface area contributed by atoms with Gasteiger partial charge in [-0.3, -0.25) is 4.79 Å². The molecule has 0 unspecified atom stereocenters. The molecule has 0 aromatic heterocycles. The van der Waals surface area contributed by atoms with Crippen molar-refractivity contribution in [1.82, 2.24) is 0 Å².